The van der Waals surface area contributed by atoms with Crippen molar-refractivity contribution in [2.24, 2.45) is 0 Å². The lowest BCUT2D eigenvalue weighted by atomic mass is 10.1. The molecule has 2 rings (SSSR count). The summed E-state index contributed by atoms with van der Waals surface area (Å²) in [6.45, 7) is 1.89. The van der Waals surface area contributed by atoms with Crippen LogP contribution in [0.5, 0.6) is 5.75 Å². The Bertz CT molecular complexity index is 677. The summed E-state index contributed by atoms with van der Waals surface area (Å²) in [6, 6.07) is 10.9. The van der Waals surface area contributed by atoms with Crippen molar-refractivity contribution in [1.82, 2.24) is 0 Å². The van der Waals surface area contributed by atoms with Crippen LogP contribution in [0.2, 0.25) is 0 Å². The molecule has 0 unspecified atom stereocenters. The molecule has 2 aromatic carbocycles. The average Bonchev–Trinajstić information content (AvgIpc) is 2.46. The van der Waals surface area contributed by atoms with Crippen LogP contribution in [-0.2, 0) is 6.61 Å². The van der Waals surface area contributed by atoms with Gasteiger partial charge in [-0.15, -0.1) is 0 Å². The average molecular weight is 286 g/mol. The molecule has 0 aliphatic carbocycles. The molecular formula is C17H15FO3. The molecule has 0 saturated carbocycles. The molecule has 0 saturated heterocycles. The van der Waals surface area contributed by atoms with Gasteiger partial charge in [0.15, 0.2) is 0 Å². The van der Waals surface area contributed by atoms with Crippen LogP contribution in [0.25, 0.3) is 6.08 Å². The van der Waals surface area contributed by atoms with Gasteiger partial charge in [-0.25, -0.2) is 9.18 Å². The second-order valence-corrected chi connectivity index (χ2v) is 4.43. The molecule has 0 aromatic heterocycles. The second-order valence-electron chi connectivity index (χ2n) is 4.43. The zero-order chi connectivity index (χ0) is 15.2. The van der Waals surface area contributed by atoms with Crippen LogP contribution < -0.4 is 4.74 Å². The van der Waals surface area contributed by atoms with E-state index in [-0.39, 0.29) is 12.2 Å². The molecule has 0 spiro atoms. The Morgan fingerprint density at radius 1 is 1.29 bits per heavy atom. The molecule has 0 aliphatic rings. The van der Waals surface area contributed by atoms with E-state index in [1.54, 1.807) is 6.07 Å². The summed E-state index contributed by atoms with van der Waals surface area (Å²) in [5, 5.41) is 9.10. The number of rotatable bonds is 5. The third-order valence-electron chi connectivity index (χ3n) is 2.95. The number of allylic oxidation sites excluding steroid dienone is 1. The topological polar surface area (TPSA) is 46.5 Å². The van der Waals surface area contributed by atoms with Gasteiger partial charge < -0.3 is 9.84 Å². The zero-order valence-electron chi connectivity index (χ0n) is 11.5. The quantitative estimate of drug-likeness (QED) is 0.898. The van der Waals surface area contributed by atoms with Crippen LogP contribution in [0.15, 0.2) is 48.5 Å². The van der Waals surface area contributed by atoms with E-state index in [9.17, 15) is 9.18 Å². The number of para-hydroxylation sites is 1. The van der Waals surface area contributed by atoms with Crippen LogP contribution in [0, 0.1) is 5.82 Å². The molecule has 0 atom stereocenters. The highest BCUT2D eigenvalue weighted by molar-refractivity contribution is 5.89. The maximum Gasteiger partial charge on any atom is 0.336 e. The summed E-state index contributed by atoms with van der Waals surface area (Å²) in [6.07, 6.45) is 3.77. The van der Waals surface area contributed by atoms with E-state index in [4.69, 9.17) is 9.84 Å². The Kier molecular flexibility index (Phi) is 4.72. The second kappa shape index (κ2) is 6.70. The van der Waals surface area contributed by atoms with Crippen molar-refractivity contribution >= 4 is 12.0 Å². The SMILES string of the molecule is C/C=C/c1ccccc1OCc1cc(F)ccc1C(=O)O. The lowest BCUT2D eigenvalue weighted by Crippen LogP contribution is -2.06. The van der Waals surface area contributed by atoms with Gasteiger partial charge in [0, 0.05) is 11.1 Å². The Hall–Kier alpha value is -2.62. The predicted molar refractivity (Wildman–Crippen MR) is 78.8 cm³/mol. The van der Waals surface area contributed by atoms with Crippen LogP contribution >= 0.6 is 0 Å². The van der Waals surface area contributed by atoms with E-state index in [1.165, 1.54) is 12.1 Å². The Morgan fingerprint density at radius 2 is 2.05 bits per heavy atom. The van der Waals surface area contributed by atoms with Crippen molar-refractivity contribution in [2.75, 3.05) is 0 Å². The smallest absolute Gasteiger partial charge is 0.336 e. The number of aromatic carboxylic acids is 1. The normalized spacial score (nSPS) is 10.8. The van der Waals surface area contributed by atoms with Crippen molar-refractivity contribution < 1.29 is 19.0 Å². The number of hydrogen-bond acceptors (Lipinski definition) is 2. The summed E-state index contributed by atoms with van der Waals surface area (Å²) in [4.78, 5) is 11.1. The molecule has 2 aromatic rings. The van der Waals surface area contributed by atoms with E-state index in [2.05, 4.69) is 0 Å². The van der Waals surface area contributed by atoms with Gasteiger partial charge >= 0.3 is 5.97 Å². The number of halogens is 1. The number of benzene rings is 2. The first-order valence-corrected chi connectivity index (χ1v) is 6.48. The molecule has 3 nitrogen and oxygen atoms in total. The number of carbonyl (C=O) groups is 1. The van der Waals surface area contributed by atoms with Crippen LogP contribution in [0.4, 0.5) is 4.39 Å². The van der Waals surface area contributed by atoms with Crippen molar-refractivity contribution in [3.8, 4) is 5.75 Å². The van der Waals surface area contributed by atoms with Crippen molar-refractivity contribution in [3.63, 3.8) is 0 Å². The van der Waals surface area contributed by atoms with Gasteiger partial charge in [-0.05, 0) is 31.2 Å². The van der Waals surface area contributed by atoms with Crippen LogP contribution in [0.3, 0.4) is 0 Å². The molecule has 0 radical (unpaired) electrons. The summed E-state index contributed by atoms with van der Waals surface area (Å²) in [5.41, 5.74) is 1.23. The Labute approximate surface area is 122 Å². The molecule has 0 fully saturated rings. The first kappa shape index (κ1) is 14.8. The van der Waals surface area contributed by atoms with Gasteiger partial charge in [0.25, 0.3) is 0 Å². The van der Waals surface area contributed by atoms with Crippen LogP contribution in [0.1, 0.15) is 28.4 Å². The number of ether oxygens (including phenoxy) is 1. The molecule has 0 bridgehead atoms. The summed E-state index contributed by atoms with van der Waals surface area (Å²) in [5.74, 6) is -0.966. The predicted octanol–water partition coefficient (Wildman–Crippen LogP) is 4.14. The molecule has 4 heteroatoms. The van der Waals surface area contributed by atoms with E-state index in [0.29, 0.717) is 11.3 Å². The number of carboxylic acids is 1. The lowest BCUT2D eigenvalue weighted by Gasteiger charge is -2.11. The van der Waals surface area contributed by atoms with Crippen molar-refractivity contribution in [3.05, 3.63) is 71.0 Å². The summed E-state index contributed by atoms with van der Waals surface area (Å²) >= 11 is 0. The number of carboxylic acid groups (broad SMARTS) is 1. The third-order valence-corrected chi connectivity index (χ3v) is 2.95. The fourth-order valence-electron chi connectivity index (χ4n) is 1.98. The molecule has 21 heavy (non-hydrogen) atoms. The minimum Gasteiger partial charge on any atom is -0.488 e. The minimum absolute atomic E-state index is 0.00599. The first-order valence-electron chi connectivity index (χ1n) is 6.48. The fourth-order valence-corrected chi connectivity index (χ4v) is 1.98. The third kappa shape index (κ3) is 3.69. The molecular weight excluding hydrogens is 271 g/mol. The highest BCUT2D eigenvalue weighted by Crippen LogP contribution is 2.22. The van der Waals surface area contributed by atoms with Gasteiger partial charge in [-0.2, -0.15) is 0 Å². The molecule has 0 heterocycles. The molecule has 108 valence electrons. The maximum absolute atomic E-state index is 13.3. The van der Waals surface area contributed by atoms with E-state index < -0.39 is 11.8 Å². The van der Waals surface area contributed by atoms with Gasteiger partial charge in [0.1, 0.15) is 18.2 Å². The van der Waals surface area contributed by atoms with Gasteiger partial charge in [0.05, 0.1) is 5.56 Å². The summed E-state index contributed by atoms with van der Waals surface area (Å²) < 4.78 is 18.9. The van der Waals surface area contributed by atoms with Gasteiger partial charge in [-0.3, -0.25) is 0 Å². The monoisotopic (exact) mass is 286 g/mol. The van der Waals surface area contributed by atoms with E-state index >= 15 is 0 Å². The molecule has 0 amide bonds. The fraction of sp³-hybridized carbons (Fsp3) is 0.118. The van der Waals surface area contributed by atoms with Crippen molar-refractivity contribution in [1.29, 1.82) is 0 Å². The molecule has 1 N–H and O–H groups in total. The van der Waals surface area contributed by atoms with E-state index in [0.717, 1.165) is 11.6 Å². The number of hydrogen-bond donors (Lipinski definition) is 1. The maximum atomic E-state index is 13.3. The highest BCUT2D eigenvalue weighted by atomic mass is 19.1. The Balaban J connectivity index is 2.24. The van der Waals surface area contributed by atoms with E-state index in [1.807, 2.05) is 37.3 Å². The first-order chi connectivity index (χ1) is 10.1. The zero-order valence-corrected chi connectivity index (χ0v) is 11.5. The van der Waals surface area contributed by atoms with Gasteiger partial charge in [-0.1, -0.05) is 30.4 Å². The van der Waals surface area contributed by atoms with Crippen LogP contribution in [-0.4, -0.2) is 11.1 Å². The van der Waals surface area contributed by atoms with Gasteiger partial charge in [0.2, 0.25) is 0 Å². The highest BCUT2D eigenvalue weighted by Gasteiger charge is 2.12. The molecule has 0 aliphatic heterocycles. The standard InChI is InChI=1S/C17H15FO3/c1-2-5-12-6-3-4-7-16(12)21-11-13-10-14(18)8-9-15(13)17(19)20/h2-10H,11H2,1H3,(H,19,20)/b5-2+. The Morgan fingerprint density at radius 3 is 2.76 bits per heavy atom. The lowest BCUT2D eigenvalue weighted by molar-refractivity contribution is 0.0694. The minimum atomic E-state index is -1.10. The van der Waals surface area contributed by atoms with Crippen molar-refractivity contribution in [2.45, 2.75) is 13.5 Å². The summed E-state index contributed by atoms with van der Waals surface area (Å²) in [7, 11) is 0. The largest absolute Gasteiger partial charge is 0.488 e.